The standard InChI is InChI=1S/C27H20ClNO4/c28-16-7-5-6-15(14-16)27(32)33-13-12-29-25(30)23-21-17-8-1-2-9-18(17)22(24(23)26(29)31)20-11-4-3-10-19(20)21/h1-11,14,21-24H,12-13H2/t21?,22?,23-,24+. The number of carbonyl (C=O) groups excluding carboxylic acids is 3. The summed E-state index contributed by atoms with van der Waals surface area (Å²) in [6, 6.07) is 22.7. The van der Waals surface area contributed by atoms with Crippen molar-refractivity contribution in [3.05, 3.63) is 106 Å². The third-order valence-corrected chi connectivity index (χ3v) is 7.38. The van der Waals surface area contributed by atoms with E-state index in [0.717, 1.165) is 22.3 Å². The van der Waals surface area contributed by atoms with E-state index in [9.17, 15) is 14.4 Å². The molecule has 0 radical (unpaired) electrons. The summed E-state index contributed by atoms with van der Waals surface area (Å²) in [6.07, 6.45) is 0. The maximum Gasteiger partial charge on any atom is 0.338 e. The number of halogens is 1. The zero-order valence-electron chi connectivity index (χ0n) is 17.6. The fourth-order valence-electron chi connectivity index (χ4n) is 5.89. The summed E-state index contributed by atoms with van der Waals surface area (Å²) in [5.41, 5.74) is 4.88. The Morgan fingerprint density at radius 3 is 1.79 bits per heavy atom. The highest BCUT2D eigenvalue weighted by atomic mass is 35.5. The lowest BCUT2D eigenvalue weighted by molar-refractivity contribution is -0.140. The van der Waals surface area contributed by atoms with E-state index in [-0.39, 0.29) is 36.8 Å². The van der Waals surface area contributed by atoms with Gasteiger partial charge in [0.2, 0.25) is 11.8 Å². The predicted octanol–water partition coefficient (Wildman–Crippen LogP) is 4.39. The zero-order chi connectivity index (χ0) is 22.7. The molecule has 0 N–H and O–H groups in total. The highest BCUT2D eigenvalue weighted by molar-refractivity contribution is 6.30. The third-order valence-electron chi connectivity index (χ3n) is 7.15. The number of esters is 1. The number of nitrogens with zero attached hydrogens (tertiary/aromatic N) is 1. The van der Waals surface area contributed by atoms with Gasteiger partial charge in [0.1, 0.15) is 6.61 Å². The average molecular weight is 458 g/mol. The number of amides is 2. The molecule has 2 bridgehead atoms. The fraction of sp³-hybridized carbons (Fsp3) is 0.222. The second-order valence-electron chi connectivity index (χ2n) is 8.74. The largest absolute Gasteiger partial charge is 0.460 e. The van der Waals surface area contributed by atoms with Crippen molar-refractivity contribution in [2.24, 2.45) is 11.8 Å². The van der Waals surface area contributed by atoms with Crippen molar-refractivity contribution in [2.45, 2.75) is 11.8 Å². The molecule has 33 heavy (non-hydrogen) atoms. The fourth-order valence-corrected chi connectivity index (χ4v) is 6.08. The molecule has 164 valence electrons. The van der Waals surface area contributed by atoms with Gasteiger partial charge < -0.3 is 4.74 Å². The summed E-state index contributed by atoms with van der Waals surface area (Å²) in [7, 11) is 0. The van der Waals surface area contributed by atoms with Crippen LogP contribution >= 0.6 is 11.6 Å². The molecule has 2 atom stereocenters. The Labute approximate surface area is 195 Å². The van der Waals surface area contributed by atoms with Gasteiger partial charge in [0.15, 0.2) is 0 Å². The quantitative estimate of drug-likeness (QED) is 0.430. The van der Waals surface area contributed by atoms with Crippen LogP contribution in [0.3, 0.4) is 0 Å². The van der Waals surface area contributed by atoms with Crippen molar-refractivity contribution in [1.82, 2.24) is 4.90 Å². The van der Waals surface area contributed by atoms with Crippen LogP contribution < -0.4 is 0 Å². The Morgan fingerprint density at radius 1 is 0.788 bits per heavy atom. The molecule has 3 aromatic carbocycles. The van der Waals surface area contributed by atoms with Gasteiger partial charge in [-0.3, -0.25) is 14.5 Å². The Bertz CT molecular complexity index is 1200. The highest BCUT2D eigenvalue weighted by Gasteiger charge is 2.61. The van der Waals surface area contributed by atoms with Crippen LogP contribution in [0.2, 0.25) is 5.02 Å². The first kappa shape index (κ1) is 20.2. The molecule has 3 aliphatic carbocycles. The van der Waals surface area contributed by atoms with Gasteiger partial charge in [0.05, 0.1) is 23.9 Å². The molecule has 1 fully saturated rings. The first-order valence-corrected chi connectivity index (χ1v) is 11.4. The second-order valence-corrected chi connectivity index (χ2v) is 9.18. The van der Waals surface area contributed by atoms with E-state index in [0.29, 0.717) is 10.6 Å². The van der Waals surface area contributed by atoms with Gasteiger partial charge in [-0.25, -0.2) is 4.79 Å². The van der Waals surface area contributed by atoms with Crippen LogP contribution in [-0.2, 0) is 14.3 Å². The molecule has 1 heterocycles. The van der Waals surface area contributed by atoms with Gasteiger partial charge in [0, 0.05) is 16.9 Å². The number of hydrogen-bond acceptors (Lipinski definition) is 4. The van der Waals surface area contributed by atoms with Crippen molar-refractivity contribution in [3.63, 3.8) is 0 Å². The minimum atomic E-state index is -0.533. The monoisotopic (exact) mass is 457 g/mol. The van der Waals surface area contributed by atoms with Crippen molar-refractivity contribution < 1.29 is 19.1 Å². The maximum absolute atomic E-state index is 13.5. The van der Waals surface area contributed by atoms with Crippen LogP contribution in [0.25, 0.3) is 0 Å². The summed E-state index contributed by atoms with van der Waals surface area (Å²) in [6.45, 7) is -0.0133. The average Bonchev–Trinajstić information content (AvgIpc) is 3.09. The SMILES string of the molecule is O=C(OCCN1C(=O)[C@@H]2C3c4ccccc4C(c4ccccc43)[C@@H]2C1=O)c1cccc(Cl)c1. The summed E-state index contributed by atoms with van der Waals surface area (Å²) in [4.78, 5) is 40.6. The summed E-state index contributed by atoms with van der Waals surface area (Å²) >= 11 is 5.94. The molecule has 2 amide bonds. The molecule has 0 saturated carbocycles. The highest BCUT2D eigenvalue weighted by Crippen LogP contribution is 2.60. The molecule has 0 spiro atoms. The van der Waals surface area contributed by atoms with Crippen molar-refractivity contribution in [3.8, 4) is 0 Å². The zero-order valence-corrected chi connectivity index (χ0v) is 18.4. The number of likely N-dealkylation sites (tertiary alicyclic amines) is 1. The number of carbonyl (C=O) groups is 3. The van der Waals surface area contributed by atoms with E-state index >= 15 is 0 Å². The minimum Gasteiger partial charge on any atom is -0.460 e. The summed E-state index contributed by atoms with van der Waals surface area (Å²) in [5, 5.41) is 0.438. The number of benzene rings is 3. The second kappa shape index (κ2) is 7.56. The van der Waals surface area contributed by atoms with Gasteiger partial charge in [0.25, 0.3) is 0 Å². The molecule has 7 rings (SSSR count). The first-order chi connectivity index (χ1) is 16.1. The van der Waals surface area contributed by atoms with Crippen LogP contribution in [0.15, 0.2) is 72.8 Å². The molecular formula is C27H20ClNO4. The molecule has 1 aliphatic heterocycles. The molecule has 6 heteroatoms. The van der Waals surface area contributed by atoms with Gasteiger partial charge in [-0.2, -0.15) is 0 Å². The van der Waals surface area contributed by atoms with Crippen molar-refractivity contribution in [1.29, 1.82) is 0 Å². The Balaban J connectivity index is 1.27. The molecule has 1 saturated heterocycles. The van der Waals surface area contributed by atoms with Crippen LogP contribution in [0.5, 0.6) is 0 Å². The number of imide groups is 1. The van der Waals surface area contributed by atoms with E-state index in [4.69, 9.17) is 16.3 Å². The molecule has 4 aliphatic rings. The smallest absolute Gasteiger partial charge is 0.338 e. The third kappa shape index (κ3) is 2.96. The lowest BCUT2D eigenvalue weighted by atomic mass is 9.55. The lowest BCUT2D eigenvalue weighted by Gasteiger charge is -2.45. The molecule has 3 aromatic rings. The molecule has 0 unspecified atom stereocenters. The van der Waals surface area contributed by atoms with Gasteiger partial charge >= 0.3 is 5.97 Å². The molecular weight excluding hydrogens is 438 g/mol. The van der Waals surface area contributed by atoms with Crippen LogP contribution in [-0.4, -0.2) is 35.8 Å². The van der Waals surface area contributed by atoms with E-state index in [1.165, 1.54) is 11.0 Å². The van der Waals surface area contributed by atoms with Crippen LogP contribution in [0, 0.1) is 11.8 Å². The van der Waals surface area contributed by atoms with E-state index in [2.05, 4.69) is 24.3 Å². The van der Waals surface area contributed by atoms with Crippen molar-refractivity contribution >= 4 is 29.4 Å². The van der Waals surface area contributed by atoms with E-state index in [1.807, 2.05) is 24.3 Å². The minimum absolute atomic E-state index is 0.0447. The summed E-state index contributed by atoms with van der Waals surface area (Å²) in [5.74, 6) is -2.00. The predicted molar refractivity (Wildman–Crippen MR) is 122 cm³/mol. The Kier molecular flexibility index (Phi) is 4.63. The van der Waals surface area contributed by atoms with Gasteiger partial charge in [-0.05, 0) is 40.5 Å². The van der Waals surface area contributed by atoms with Crippen molar-refractivity contribution in [2.75, 3.05) is 13.2 Å². The normalized spacial score (nSPS) is 24.3. The maximum atomic E-state index is 13.5. The van der Waals surface area contributed by atoms with E-state index in [1.54, 1.807) is 18.2 Å². The van der Waals surface area contributed by atoms with Gasteiger partial charge in [-0.15, -0.1) is 0 Å². The van der Waals surface area contributed by atoms with Gasteiger partial charge in [-0.1, -0.05) is 66.2 Å². The first-order valence-electron chi connectivity index (χ1n) is 11.0. The number of rotatable bonds is 4. The molecule has 5 nitrogen and oxygen atoms in total. The summed E-state index contributed by atoms with van der Waals surface area (Å²) < 4.78 is 5.34. The Morgan fingerprint density at radius 2 is 1.30 bits per heavy atom. The number of ether oxygens (including phenoxy) is 1. The lowest BCUT2D eigenvalue weighted by Crippen LogP contribution is -2.41. The van der Waals surface area contributed by atoms with E-state index < -0.39 is 17.8 Å². The molecule has 0 aromatic heterocycles. The van der Waals surface area contributed by atoms with Crippen LogP contribution in [0.1, 0.15) is 44.4 Å². The van der Waals surface area contributed by atoms with Crippen LogP contribution in [0.4, 0.5) is 0 Å². The Hall–Kier alpha value is -3.44. The number of hydrogen-bond donors (Lipinski definition) is 0. The topological polar surface area (TPSA) is 63.7 Å².